The minimum atomic E-state index is -4.27. The minimum absolute atomic E-state index is 0.398. The smallest absolute Gasteiger partial charge is 0.300 e. The molecular weight excluding hydrogens is 313 g/mol. The van der Waals surface area contributed by atoms with Crippen LogP contribution in [0.2, 0.25) is 0 Å². The molecule has 5 heteroatoms. The Hall–Kier alpha value is -1.07. The molecule has 1 aromatic rings. The van der Waals surface area contributed by atoms with E-state index >= 15 is 0 Å². The number of benzene rings is 1. The fraction of sp³-hybridized carbons (Fsp3) is 0.684. The van der Waals surface area contributed by atoms with Gasteiger partial charge >= 0.3 is 6.18 Å². The topological polar surface area (TPSA) is 6.48 Å². The van der Waals surface area contributed by atoms with Crippen LogP contribution in [0, 0.1) is 5.92 Å². The minimum Gasteiger partial charge on any atom is -0.300 e. The predicted molar refractivity (Wildman–Crippen MR) is 89.7 cm³/mol. The van der Waals surface area contributed by atoms with Crippen LogP contribution in [-0.2, 0) is 12.7 Å². The molecule has 2 nitrogen and oxygen atoms in total. The zero-order valence-electron chi connectivity index (χ0n) is 14.4. The summed E-state index contributed by atoms with van der Waals surface area (Å²) in [6, 6.07) is 6.59. The summed E-state index contributed by atoms with van der Waals surface area (Å²) in [4.78, 5) is 4.78. The fourth-order valence-electron chi connectivity index (χ4n) is 4.18. The number of nitrogens with zero attached hydrogens (tertiary/aromatic N) is 2. The van der Waals surface area contributed by atoms with Crippen molar-refractivity contribution >= 4 is 0 Å². The second kappa shape index (κ2) is 7.44. The largest absolute Gasteiger partial charge is 0.416 e. The third kappa shape index (κ3) is 4.31. The first-order chi connectivity index (χ1) is 11.4. The second-order valence-electron chi connectivity index (χ2n) is 7.40. The molecule has 0 spiro atoms. The number of rotatable bonds is 3. The van der Waals surface area contributed by atoms with E-state index in [4.69, 9.17) is 0 Å². The van der Waals surface area contributed by atoms with Gasteiger partial charge < -0.3 is 4.90 Å². The van der Waals surface area contributed by atoms with Gasteiger partial charge in [0.15, 0.2) is 0 Å². The Bertz CT molecular complexity index is 536. The number of hydrogen-bond donors (Lipinski definition) is 0. The molecule has 0 N–H and O–H groups in total. The second-order valence-corrected chi connectivity index (χ2v) is 7.40. The molecule has 0 aliphatic carbocycles. The molecular formula is C19H27F3N2. The zero-order chi connectivity index (χ0) is 17.2. The SMILES string of the molecule is CC1CCCN(C2CCN(Cc3ccccc3C(F)(F)F)CC2)C1. The predicted octanol–water partition coefficient (Wildman–Crippen LogP) is 4.40. The van der Waals surface area contributed by atoms with E-state index in [2.05, 4.69) is 16.7 Å². The van der Waals surface area contributed by atoms with E-state index in [9.17, 15) is 13.2 Å². The average Bonchev–Trinajstić information content (AvgIpc) is 2.55. The van der Waals surface area contributed by atoms with Gasteiger partial charge in [-0.15, -0.1) is 0 Å². The van der Waals surface area contributed by atoms with Crippen molar-refractivity contribution in [1.29, 1.82) is 0 Å². The van der Waals surface area contributed by atoms with Gasteiger partial charge in [0.2, 0.25) is 0 Å². The van der Waals surface area contributed by atoms with Gasteiger partial charge in [0.25, 0.3) is 0 Å². The summed E-state index contributed by atoms with van der Waals surface area (Å²) in [7, 11) is 0. The van der Waals surface area contributed by atoms with Crippen LogP contribution in [-0.4, -0.2) is 42.0 Å². The van der Waals surface area contributed by atoms with Gasteiger partial charge in [0, 0.05) is 19.1 Å². The van der Waals surface area contributed by atoms with Crippen molar-refractivity contribution in [2.45, 2.75) is 51.4 Å². The molecule has 2 aliphatic rings. The standard InChI is InChI=1S/C19H27F3N2/c1-15-5-4-10-24(13-15)17-8-11-23(12-9-17)14-16-6-2-3-7-18(16)19(20,21)22/h2-3,6-7,15,17H,4-5,8-14H2,1H3. The highest BCUT2D eigenvalue weighted by Crippen LogP contribution is 2.33. The maximum Gasteiger partial charge on any atom is 0.416 e. The van der Waals surface area contributed by atoms with Crippen molar-refractivity contribution in [3.05, 3.63) is 35.4 Å². The summed E-state index contributed by atoms with van der Waals surface area (Å²) in [5.74, 6) is 0.774. The van der Waals surface area contributed by atoms with Gasteiger partial charge in [-0.3, -0.25) is 4.90 Å². The Balaban J connectivity index is 1.56. The summed E-state index contributed by atoms with van der Waals surface area (Å²) >= 11 is 0. The molecule has 1 unspecified atom stereocenters. The summed E-state index contributed by atoms with van der Waals surface area (Å²) in [6.07, 6.45) is 0.477. The van der Waals surface area contributed by atoms with Crippen molar-refractivity contribution in [2.24, 2.45) is 5.92 Å². The Morgan fingerprint density at radius 3 is 2.42 bits per heavy atom. The van der Waals surface area contributed by atoms with Gasteiger partial charge in [0.1, 0.15) is 0 Å². The monoisotopic (exact) mass is 340 g/mol. The lowest BCUT2D eigenvalue weighted by Crippen LogP contribution is -2.48. The molecule has 2 aliphatic heterocycles. The molecule has 1 aromatic carbocycles. The Morgan fingerprint density at radius 1 is 1.04 bits per heavy atom. The van der Waals surface area contributed by atoms with E-state index in [-0.39, 0.29) is 0 Å². The number of halogens is 3. The van der Waals surface area contributed by atoms with Crippen LogP contribution in [0.25, 0.3) is 0 Å². The van der Waals surface area contributed by atoms with Crippen LogP contribution in [0.4, 0.5) is 13.2 Å². The van der Waals surface area contributed by atoms with E-state index in [1.807, 2.05) is 0 Å². The Morgan fingerprint density at radius 2 is 1.75 bits per heavy atom. The summed E-state index contributed by atoms with van der Waals surface area (Å²) in [6.45, 7) is 6.87. The highest BCUT2D eigenvalue weighted by Gasteiger charge is 2.34. The molecule has 3 rings (SSSR count). The van der Waals surface area contributed by atoms with Gasteiger partial charge in [-0.2, -0.15) is 13.2 Å². The fourth-order valence-corrected chi connectivity index (χ4v) is 4.18. The van der Waals surface area contributed by atoms with Gasteiger partial charge in [-0.25, -0.2) is 0 Å². The number of piperidine rings is 2. The number of hydrogen-bond acceptors (Lipinski definition) is 2. The number of alkyl halides is 3. The third-order valence-corrected chi connectivity index (χ3v) is 5.48. The van der Waals surface area contributed by atoms with Gasteiger partial charge in [0.05, 0.1) is 5.56 Å². The number of likely N-dealkylation sites (tertiary alicyclic amines) is 2. The van der Waals surface area contributed by atoms with Crippen molar-refractivity contribution in [3.8, 4) is 0 Å². The lowest BCUT2D eigenvalue weighted by molar-refractivity contribution is -0.138. The first kappa shape index (κ1) is 17.7. The van der Waals surface area contributed by atoms with Crippen LogP contribution in [0.15, 0.2) is 24.3 Å². The molecule has 0 amide bonds. The van der Waals surface area contributed by atoms with Crippen LogP contribution in [0.5, 0.6) is 0 Å². The Kier molecular flexibility index (Phi) is 5.50. The van der Waals surface area contributed by atoms with E-state index in [0.29, 0.717) is 18.2 Å². The lowest BCUT2D eigenvalue weighted by atomic mass is 9.95. The summed E-state index contributed by atoms with van der Waals surface area (Å²) in [5, 5.41) is 0. The average molecular weight is 340 g/mol. The summed E-state index contributed by atoms with van der Waals surface area (Å²) < 4.78 is 39.4. The molecule has 2 fully saturated rings. The lowest BCUT2D eigenvalue weighted by Gasteiger charge is -2.42. The van der Waals surface area contributed by atoms with Crippen molar-refractivity contribution in [1.82, 2.24) is 9.80 Å². The molecule has 24 heavy (non-hydrogen) atoms. The van der Waals surface area contributed by atoms with Crippen LogP contribution in [0.3, 0.4) is 0 Å². The molecule has 2 heterocycles. The summed E-state index contributed by atoms with van der Waals surface area (Å²) in [5.41, 5.74) is -0.0907. The third-order valence-electron chi connectivity index (χ3n) is 5.48. The van der Waals surface area contributed by atoms with Crippen LogP contribution < -0.4 is 0 Å². The molecule has 2 saturated heterocycles. The van der Waals surface area contributed by atoms with Crippen LogP contribution >= 0.6 is 0 Å². The molecule has 1 atom stereocenters. The quantitative estimate of drug-likeness (QED) is 0.805. The van der Waals surface area contributed by atoms with E-state index < -0.39 is 11.7 Å². The molecule has 0 saturated carbocycles. The van der Waals surface area contributed by atoms with Crippen molar-refractivity contribution in [3.63, 3.8) is 0 Å². The molecule has 0 bridgehead atoms. The molecule has 134 valence electrons. The molecule has 0 radical (unpaired) electrons. The molecule has 0 aromatic heterocycles. The van der Waals surface area contributed by atoms with Crippen molar-refractivity contribution in [2.75, 3.05) is 26.2 Å². The first-order valence-corrected chi connectivity index (χ1v) is 9.05. The van der Waals surface area contributed by atoms with E-state index in [0.717, 1.165) is 31.8 Å². The van der Waals surface area contributed by atoms with E-state index in [1.54, 1.807) is 12.1 Å². The maximum atomic E-state index is 13.1. The van der Waals surface area contributed by atoms with E-state index in [1.165, 1.54) is 38.1 Å². The maximum absolute atomic E-state index is 13.1. The Labute approximate surface area is 142 Å². The normalized spacial score (nSPS) is 25.1. The first-order valence-electron chi connectivity index (χ1n) is 9.05. The highest BCUT2D eigenvalue weighted by molar-refractivity contribution is 5.29. The van der Waals surface area contributed by atoms with Crippen LogP contribution in [0.1, 0.15) is 43.7 Å². The van der Waals surface area contributed by atoms with Gasteiger partial charge in [-0.05, 0) is 62.9 Å². The van der Waals surface area contributed by atoms with Crippen molar-refractivity contribution < 1.29 is 13.2 Å². The van der Waals surface area contributed by atoms with Gasteiger partial charge in [-0.1, -0.05) is 25.1 Å². The zero-order valence-corrected chi connectivity index (χ0v) is 14.4. The highest BCUT2D eigenvalue weighted by atomic mass is 19.4.